The quantitative estimate of drug-likeness (QED) is 0.746. The molecule has 1 N–H and O–H groups in total. The van der Waals surface area contributed by atoms with E-state index in [1.807, 2.05) is 61.8 Å². The van der Waals surface area contributed by atoms with Crippen LogP contribution in [0, 0.1) is 0 Å². The average molecular weight is 304 g/mol. The highest BCUT2D eigenvalue weighted by Gasteiger charge is 2.01. The predicted molar refractivity (Wildman–Crippen MR) is 93.2 cm³/mol. The van der Waals surface area contributed by atoms with Gasteiger partial charge in [0.2, 0.25) is 0 Å². The van der Waals surface area contributed by atoms with E-state index in [2.05, 4.69) is 28.5 Å². The van der Waals surface area contributed by atoms with Gasteiger partial charge in [-0.05, 0) is 48.5 Å². The molecule has 0 radical (unpaired) electrons. The summed E-state index contributed by atoms with van der Waals surface area (Å²) in [7, 11) is 1.93. The zero-order chi connectivity index (χ0) is 15.9. The van der Waals surface area contributed by atoms with Crippen molar-refractivity contribution in [2.75, 3.05) is 7.05 Å². The number of benzene rings is 2. The molecule has 23 heavy (non-hydrogen) atoms. The van der Waals surface area contributed by atoms with Crippen molar-refractivity contribution in [3.63, 3.8) is 0 Å². The Morgan fingerprint density at radius 2 is 1.65 bits per heavy atom. The minimum absolute atomic E-state index is 0.581. The number of hydrogen-bond acceptors (Lipinski definition) is 3. The number of rotatable bonds is 6. The van der Waals surface area contributed by atoms with E-state index in [-0.39, 0.29) is 0 Å². The van der Waals surface area contributed by atoms with E-state index in [1.165, 1.54) is 11.1 Å². The first kappa shape index (κ1) is 15.3. The summed E-state index contributed by atoms with van der Waals surface area (Å²) in [5.41, 5.74) is 4.41. The van der Waals surface area contributed by atoms with Crippen LogP contribution in [0.5, 0.6) is 5.75 Å². The molecule has 3 nitrogen and oxygen atoms in total. The molecule has 3 rings (SSSR count). The van der Waals surface area contributed by atoms with Crippen molar-refractivity contribution in [3.8, 4) is 17.0 Å². The maximum Gasteiger partial charge on any atom is 0.119 e. The second-order valence-corrected chi connectivity index (χ2v) is 5.38. The first-order valence-corrected chi connectivity index (χ1v) is 7.72. The van der Waals surface area contributed by atoms with E-state index in [1.54, 1.807) is 0 Å². The summed E-state index contributed by atoms with van der Waals surface area (Å²) in [6.07, 6.45) is 1.91. The maximum absolute atomic E-state index is 5.81. The molecule has 0 amide bonds. The Morgan fingerprint density at radius 1 is 0.870 bits per heavy atom. The molecule has 0 atom stereocenters. The molecular formula is C20H20N2O. The van der Waals surface area contributed by atoms with Crippen molar-refractivity contribution in [2.24, 2.45) is 0 Å². The summed E-state index contributed by atoms with van der Waals surface area (Å²) in [5, 5.41) is 3.12. The van der Waals surface area contributed by atoms with E-state index in [4.69, 9.17) is 4.74 Å². The van der Waals surface area contributed by atoms with Gasteiger partial charge in [0.1, 0.15) is 12.4 Å². The van der Waals surface area contributed by atoms with Crippen LogP contribution in [0.25, 0.3) is 11.3 Å². The van der Waals surface area contributed by atoms with E-state index in [9.17, 15) is 0 Å². The van der Waals surface area contributed by atoms with Crippen LogP contribution in [0.15, 0.2) is 72.9 Å². The Bertz CT molecular complexity index is 722. The molecule has 1 aromatic heterocycles. The standard InChI is InChI=1S/C20H20N2O/c1-21-13-17-7-12-20(22-14-17)18-8-10-19(11-9-18)23-15-16-5-3-2-4-6-16/h2-12,14,21H,13,15H2,1H3. The Morgan fingerprint density at radius 3 is 2.30 bits per heavy atom. The summed E-state index contributed by atoms with van der Waals surface area (Å²) in [6, 6.07) is 22.4. The molecule has 2 aromatic carbocycles. The van der Waals surface area contributed by atoms with Crippen LogP contribution < -0.4 is 10.1 Å². The monoisotopic (exact) mass is 304 g/mol. The Labute approximate surface area is 137 Å². The van der Waals surface area contributed by atoms with Crippen molar-refractivity contribution >= 4 is 0 Å². The Balaban J connectivity index is 1.64. The van der Waals surface area contributed by atoms with Gasteiger partial charge in [-0.2, -0.15) is 0 Å². The fourth-order valence-corrected chi connectivity index (χ4v) is 2.37. The minimum Gasteiger partial charge on any atom is -0.489 e. The van der Waals surface area contributed by atoms with Gasteiger partial charge in [-0.15, -0.1) is 0 Å². The number of hydrogen-bond donors (Lipinski definition) is 1. The van der Waals surface area contributed by atoms with Gasteiger partial charge in [0.05, 0.1) is 5.69 Å². The van der Waals surface area contributed by atoms with Crippen LogP contribution in [0.2, 0.25) is 0 Å². The normalized spacial score (nSPS) is 10.5. The van der Waals surface area contributed by atoms with Gasteiger partial charge in [-0.25, -0.2) is 0 Å². The van der Waals surface area contributed by atoms with Gasteiger partial charge in [-0.3, -0.25) is 4.98 Å². The van der Waals surface area contributed by atoms with Crippen LogP contribution in [0.1, 0.15) is 11.1 Å². The second-order valence-electron chi connectivity index (χ2n) is 5.38. The van der Waals surface area contributed by atoms with Crippen LogP contribution in [-0.4, -0.2) is 12.0 Å². The van der Waals surface area contributed by atoms with Crippen LogP contribution >= 0.6 is 0 Å². The molecule has 0 saturated carbocycles. The Hall–Kier alpha value is -2.65. The predicted octanol–water partition coefficient (Wildman–Crippen LogP) is 4.05. The van der Waals surface area contributed by atoms with Crippen LogP contribution in [-0.2, 0) is 13.2 Å². The number of ether oxygens (including phenoxy) is 1. The van der Waals surface area contributed by atoms with Crippen LogP contribution in [0.3, 0.4) is 0 Å². The molecule has 0 aliphatic heterocycles. The van der Waals surface area contributed by atoms with E-state index < -0.39 is 0 Å². The molecule has 3 heteroatoms. The first-order chi connectivity index (χ1) is 11.3. The highest BCUT2D eigenvalue weighted by molar-refractivity contribution is 5.60. The maximum atomic E-state index is 5.81. The van der Waals surface area contributed by atoms with Gasteiger partial charge in [-0.1, -0.05) is 36.4 Å². The van der Waals surface area contributed by atoms with E-state index in [0.717, 1.165) is 23.6 Å². The minimum atomic E-state index is 0.581. The zero-order valence-electron chi connectivity index (χ0n) is 13.2. The highest BCUT2D eigenvalue weighted by Crippen LogP contribution is 2.21. The molecule has 3 aromatic rings. The van der Waals surface area contributed by atoms with Crippen molar-refractivity contribution < 1.29 is 4.74 Å². The lowest BCUT2D eigenvalue weighted by Crippen LogP contribution is -2.05. The number of nitrogens with zero attached hydrogens (tertiary/aromatic N) is 1. The van der Waals surface area contributed by atoms with Gasteiger partial charge in [0.25, 0.3) is 0 Å². The summed E-state index contributed by atoms with van der Waals surface area (Å²) >= 11 is 0. The lowest BCUT2D eigenvalue weighted by Gasteiger charge is -2.08. The summed E-state index contributed by atoms with van der Waals surface area (Å²) in [5.74, 6) is 0.865. The largest absolute Gasteiger partial charge is 0.489 e. The number of aromatic nitrogens is 1. The molecule has 1 heterocycles. The molecule has 0 aliphatic carbocycles. The Kier molecular flexibility index (Phi) is 5.02. The molecule has 116 valence electrons. The van der Waals surface area contributed by atoms with Gasteiger partial charge < -0.3 is 10.1 Å². The fourth-order valence-electron chi connectivity index (χ4n) is 2.37. The molecule has 0 aliphatic rings. The topological polar surface area (TPSA) is 34.1 Å². The molecule has 0 bridgehead atoms. The first-order valence-electron chi connectivity index (χ1n) is 7.72. The SMILES string of the molecule is CNCc1ccc(-c2ccc(OCc3ccccc3)cc2)nc1. The molecule has 0 spiro atoms. The van der Waals surface area contributed by atoms with Crippen LogP contribution in [0.4, 0.5) is 0 Å². The third kappa shape index (κ3) is 4.18. The van der Waals surface area contributed by atoms with Gasteiger partial charge in [0, 0.05) is 18.3 Å². The smallest absolute Gasteiger partial charge is 0.119 e. The molecule has 0 unspecified atom stereocenters. The van der Waals surface area contributed by atoms with Gasteiger partial charge >= 0.3 is 0 Å². The van der Waals surface area contributed by atoms with Crippen molar-refractivity contribution in [2.45, 2.75) is 13.2 Å². The lowest BCUT2D eigenvalue weighted by atomic mass is 10.1. The van der Waals surface area contributed by atoms with E-state index >= 15 is 0 Å². The van der Waals surface area contributed by atoms with Crippen molar-refractivity contribution in [1.29, 1.82) is 0 Å². The van der Waals surface area contributed by atoms with Crippen molar-refractivity contribution in [1.82, 2.24) is 10.3 Å². The second kappa shape index (κ2) is 7.56. The number of nitrogens with one attached hydrogen (secondary N) is 1. The summed E-state index contributed by atoms with van der Waals surface area (Å²) in [6.45, 7) is 1.41. The van der Waals surface area contributed by atoms with Gasteiger partial charge in [0.15, 0.2) is 0 Å². The summed E-state index contributed by atoms with van der Waals surface area (Å²) < 4.78 is 5.81. The zero-order valence-corrected chi connectivity index (χ0v) is 13.2. The van der Waals surface area contributed by atoms with Crippen molar-refractivity contribution in [3.05, 3.63) is 84.1 Å². The number of pyridine rings is 1. The molecule has 0 saturated heterocycles. The lowest BCUT2D eigenvalue weighted by molar-refractivity contribution is 0.306. The summed E-state index contributed by atoms with van der Waals surface area (Å²) in [4.78, 5) is 4.51. The highest BCUT2D eigenvalue weighted by atomic mass is 16.5. The third-order valence-electron chi connectivity index (χ3n) is 3.60. The average Bonchev–Trinajstić information content (AvgIpc) is 2.62. The fraction of sp³-hybridized carbons (Fsp3) is 0.150. The molecular weight excluding hydrogens is 284 g/mol. The van der Waals surface area contributed by atoms with E-state index in [0.29, 0.717) is 6.61 Å². The molecule has 0 fully saturated rings. The third-order valence-corrected chi connectivity index (χ3v) is 3.60.